The Bertz CT molecular complexity index is 683. The van der Waals surface area contributed by atoms with Crippen LogP contribution in [0.5, 0.6) is 0 Å². The molecular formula is C16H20N4OS. The number of aryl methyl sites for hydroxylation is 2. The number of anilines is 1. The molecule has 0 radical (unpaired) electrons. The van der Waals surface area contributed by atoms with Gasteiger partial charge < -0.3 is 10.2 Å². The molecule has 116 valence electrons. The molecule has 0 bridgehead atoms. The van der Waals surface area contributed by atoms with Crippen LogP contribution >= 0.6 is 11.3 Å². The number of nitrogens with zero attached hydrogens (tertiary/aromatic N) is 3. The molecule has 1 amide bonds. The summed E-state index contributed by atoms with van der Waals surface area (Å²) in [4.78, 5) is 24.4. The van der Waals surface area contributed by atoms with E-state index < -0.39 is 0 Å². The highest BCUT2D eigenvalue weighted by molar-refractivity contribution is 7.10. The summed E-state index contributed by atoms with van der Waals surface area (Å²) in [6.45, 7) is 6.00. The van der Waals surface area contributed by atoms with E-state index in [2.05, 4.69) is 26.7 Å². The van der Waals surface area contributed by atoms with E-state index in [-0.39, 0.29) is 5.91 Å². The minimum absolute atomic E-state index is 0.197. The number of hydrogen-bond donors (Lipinski definition) is 1. The first kappa shape index (κ1) is 15.0. The van der Waals surface area contributed by atoms with Crippen LogP contribution in [0.4, 0.5) is 5.82 Å². The fourth-order valence-electron chi connectivity index (χ4n) is 2.61. The number of nitrogens with one attached hydrogen (secondary N) is 1. The third kappa shape index (κ3) is 3.27. The van der Waals surface area contributed by atoms with Crippen LogP contribution in [0, 0.1) is 13.8 Å². The molecule has 5 nitrogen and oxygen atoms in total. The van der Waals surface area contributed by atoms with Crippen LogP contribution in [0.15, 0.2) is 17.6 Å². The Morgan fingerprint density at radius 2 is 2.32 bits per heavy atom. The fraction of sp³-hybridized carbons (Fsp3) is 0.438. The summed E-state index contributed by atoms with van der Waals surface area (Å²) in [6.07, 6.45) is 3.21. The molecule has 1 aliphatic heterocycles. The highest BCUT2D eigenvalue weighted by atomic mass is 32.1. The third-order valence-corrected chi connectivity index (χ3v) is 4.89. The van der Waals surface area contributed by atoms with Crippen molar-refractivity contribution >= 4 is 23.1 Å². The van der Waals surface area contributed by atoms with Gasteiger partial charge in [0.15, 0.2) is 0 Å². The molecule has 0 fully saturated rings. The normalized spacial score (nSPS) is 13.8. The number of amides is 1. The molecule has 22 heavy (non-hydrogen) atoms. The molecule has 0 spiro atoms. The number of hydrogen-bond acceptors (Lipinski definition) is 5. The van der Waals surface area contributed by atoms with Gasteiger partial charge in [0.05, 0.1) is 11.4 Å². The SMILES string of the molecule is Cc1cnc(C)c(NCCC(=O)N2CCc3sccc3C2)n1. The van der Waals surface area contributed by atoms with Gasteiger partial charge in [-0.3, -0.25) is 9.78 Å². The first-order valence-electron chi connectivity index (χ1n) is 7.50. The zero-order valence-electron chi connectivity index (χ0n) is 12.9. The minimum atomic E-state index is 0.197. The van der Waals surface area contributed by atoms with Crippen LogP contribution in [0.1, 0.15) is 28.2 Å². The average Bonchev–Trinajstić information content (AvgIpc) is 2.98. The van der Waals surface area contributed by atoms with Crippen molar-refractivity contribution in [2.45, 2.75) is 33.2 Å². The fourth-order valence-corrected chi connectivity index (χ4v) is 3.50. The summed E-state index contributed by atoms with van der Waals surface area (Å²) in [5.41, 5.74) is 3.04. The van der Waals surface area contributed by atoms with E-state index in [0.717, 1.165) is 36.7 Å². The molecule has 0 atom stereocenters. The second-order valence-corrected chi connectivity index (χ2v) is 6.56. The lowest BCUT2D eigenvalue weighted by atomic mass is 10.1. The van der Waals surface area contributed by atoms with Gasteiger partial charge in [-0.1, -0.05) is 0 Å². The molecule has 3 heterocycles. The van der Waals surface area contributed by atoms with Gasteiger partial charge in [-0.25, -0.2) is 4.98 Å². The average molecular weight is 316 g/mol. The van der Waals surface area contributed by atoms with Gasteiger partial charge in [0.2, 0.25) is 5.91 Å². The van der Waals surface area contributed by atoms with Gasteiger partial charge in [0, 0.05) is 37.1 Å². The Morgan fingerprint density at radius 3 is 3.18 bits per heavy atom. The van der Waals surface area contributed by atoms with Crippen LogP contribution in [0.2, 0.25) is 0 Å². The highest BCUT2D eigenvalue weighted by Gasteiger charge is 2.20. The van der Waals surface area contributed by atoms with E-state index in [1.807, 2.05) is 18.7 Å². The van der Waals surface area contributed by atoms with E-state index in [9.17, 15) is 4.79 Å². The monoisotopic (exact) mass is 316 g/mol. The molecule has 0 unspecified atom stereocenters. The summed E-state index contributed by atoms with van der Waals surface area (Å²) in [7, 11) is 0. The van der Waals surface area contributed by atoms with Crippen molar-refractivity contribution in [1.82, 2.24) is 14.9 Å². The Kier molecular flexibility index (Phi) is 4.38. The lowest BCUT2D eigenvalue weighted by Gasteiger charge is -2.27. The van der Waals surface area contributed by atoms with Crippen molar-refractivity contribution in [2.24, 2.45) is 0 Å². The van der Waals surface area contributed by atoms with Crippen molar-refractivity contribution < 1.29 is 4.79 Å². The third-order valence-electron chi connectivity index (χ3n) is 3.87. The van der Waals surface area contributed by atoms with Crippen molar-refractivity contribution in [1.29, 1.82) is 0 Å². The Hall–Kier alpha value is -1.95. The van der Waals surface area contributed by atoms with E-state index in [1.54, 1.807) is 17.5 Å². The molecule has 0 aliphatic carbocycles. The predicted molar refractivity (Wildman–Crippen MR) is 88.1 cm³/mol. The van der Waals surface area contributed by atoms with E-state index in [4.69, 9.17) is 0 Å². The second-order valence-electron chi connectivity index (χ2n) is 5.56. The predicted octanol–water partition coefficient (Wildman–Crippen LogP) is 2.54. The Balaban J connectivity index is 1.52. The summed E-state index contributed by atoms with van der Waals surface area (Å²) < 4.78 is 0. The first-order chi connectivity index (χ1) is 10.6. The topological polar surface area (TPSA) is 58.1 Å². The second kappa shape index (κ2) is 6.44. The maximum absolute atomic E-state index is 12.3. The van der Waals surface area contributed by atoms with Crippen molar-refractivity contribution in [3.8, 4) is 0 Å². The molecule has 0 aromatic carbocycles. The van der Waals surface area contributed by atoms with Crippen LogP contribution in [0.3, 0.4) is 0 Å². The van der Waals surface area contributed by atoms with Gasteiger partial charge in [-0.2, -0.15) is 0 Å². The van der Waals surface area contributed by atoms with Crippen molar-refractivity contribution in [3.05, 3.63) is 39.5 Å². The molecule has 1 N–H and O–H groups in total. The largest absolute Gasteiger partial charge is 0.368 e. The smallest absolute Gasteiger partial charge is 0.224 e. The number of carbonyl (C=O) groups is 1. The van der Waals surface area contributed by atoms with Crippen LogP contribution < -0.4 is 5.32 Å². The maximum atomic E-state index is 12.3. The van der Waals surface area contributed by atoms with Gasteiger partial charge in [0.25, 0.3) is 0 Å². The lowest BCUT2D eigenvalue weighted by Crippen LogP contribution is -2.36. The number of thiophene rings is 1. The summed E-state index contributed by atoms with van der Waals surface area (Å²) in [5, 5.41) is 5.33. The molecule has 6 heteroatoms. The van der Waals surface area contributed by atoms with Crippen LogP contribution in [-0.2, 0) is 17.8 Å². The van der Waals surface area contributed by atoms with E-state index >= 15 is 0 Å². The van der Waals surface area contributed by atoms with Gasteiger partial charge in [-0.05, 0) is 37.3 Å². The molecule has 2 aromatic rings. The number of fused-ring (bicyclic) bond motifs is 1. The van der Waals surface area contributed by atoms with Crippen molar-refractivity contribution in [2.75, 3.05) is 18.4 Å². The maximum Gasteiger partial charge on any atom is 0.224 e. The summed E-state index contributed by atoms with van der Waals surface area (Å²) in [6, 6.07) is 2.13. The first-order valence-corrected chi connectivity index (χ1v) is 8.38. The van der Waals surface area contributed by atoms with Crippen LogP contribution in [-0.4, -0.2) is 33.9 Å². The van der Waals surface area contributed by atoms with Gasteiger partial charge in [0.1, 0.15) is 5.82 Å². The number of rotatable bonds is 4. The standard InChI is InChI=1S/C16H20N4OS/c1-11-9-18-12(2)16(19-11)17-6-3-15(21)20-7-4-14-13(10-20)5-8-22-14/h5,8-9H,3-4,6-7,10H2,1-2H3,(H,17,19). The zero-order chi connectivity index (χ0) is 15.5. The molecule has 2 aromatic heterocycles. The molecule has 1 aliphatic rings. The number of carbonyl (C=O) groups excluding carboxylic acids is 1. The Labute approximate surface area is 134 Å². The Morgan fingerprint density at radius 1 is 1.45 bits per heavy atom. The molecule has 0 saturated heterocycles. The molecular weight excluding hydrogens is 296 g/mol. The quantitative estimate of drug-likeness (QED) is 0.942. The van der Waals surface area contributed by atoms with E-state index in [0.29, 0.717) is 13.0 Å². The van der Waals surface area contributed by atoms with Crippen molar-refractivity contribution in [3.63, 3.8) is 0 Å². The zero-order valence-corrected chi connectivity index (χ0v) is 13.7. The highest BCUT2D eigenvalue weighted by Crippen LogP contribution is 2.24. The van der Waals surface area contributed by atoms with Gasteiger partial charge in [-0.15, -0.1) is 11.3 Å². The molecule has 0 saturated carbocycles. The number of aromatic nitrogens is 2. The molecule has 3 rings (SSSR count). The summed E-state index contributed by atoms with van der Waals surface area (Å²) >= 11 is 1.79. The summed E-state index contributed by atoms with van der Waals surface area (Å²) in [5.74, 6) is 0.967. The van der Waals surface area contributed by atoms with Gasteiger partial charge >= 0.3 is 0 Å². The van der Waals surface area contributed by atoms with Crippen LogP contribution in [0.25, 0.3) is 0 Å². The van der Waals surface area contributed by atoms with E-state index in [1.165, 1.54) is 10.4 Å². The lowest BCUT2D eigenvalue weighted by molar-refractivity contribution is -0.131. The minimum Gasteiger partial charge on any atom is -0.368 e.